The summed E-state index contributed by atoms with van der Waals surface area (Å²) in [7, 11) is 0. The molecule has 1 aliphatic heterocycles. The lowest BCUT2D eigenvalue weighted by atomic mass is 9.78. The molecule has 0 radical (unpaired) electrons. The summed E-state index contributed by atoms with van der Waals surface area (Å²) in [5.74, 6) is -2.57. The summed E-state index contributed by atoms with van der Waals surface area (Å²) in [6, 6.07) is -3.97. The van der Waals surface area contributed by atoms with Crippen LogP contribution in [0, 0.1) is 17.3 Å². The second-order valence-corrected chi connectivity index (χ2v) is 17.4. The van der Waals surface area contributed by atoms with Crippen molar-refractivity contribution < 1.29 is 33.6 Å². The van der Waals surface area contributed by atoms with Gasteiger partial charge in [-0.05, 0) is 101 Å². The number of likely N-dealkylation sites (tertiary alicyclic amines) is 1. The van der Waals surface area contributed by atoms with Crippen LogP contribution in [0.25, 0.3) is 0 Å². The van der Waals surface area contributed by atoms with Gasteiger partial charge in [-0.2, -0.15) is 0 Å². The molecule has 4 amide bonds. The highest BCUT2D eigenvalue weighted by Gasteiger charge is 2.71. The maximum atomic E-state index is 14.8. The van der Waals surface area contributed by atoms with E-state index in [9.17, 15) is 33.6 Å². The minimum atomic E-state index is -1.41. The largest absolute Gasteiger partial charge is 0.344 e. The summed E-state index contributed by atoms with van der Waals surface area (Å²) in [6.07, 6.45) is 9.04. The van der Waals surface area contributed by atoms with Crippen molar-refractivity contribution in [2.75, 3.05) is 0 Å². The van der Waals surface area contributed by atoms with E-state index >= 15 is 0 Å². The molecule has 1 heterocycles. The van der Waals surface area contributed by atoms with Crippen molar-refractivity contribution in [2.24, 2.45) is 17.3 Å². The van der Waals surface area contributed by atoms with Gasteiger partial charge in [0, 0.05) is 23.2 Å². The molecule has 12 heteroatoms. The molecule has 5 fully saturated rings. The first-order chi connectivity index (χ1) is 24.5. The van der Waals surface area contributed by atoms with Crippen LogP contribution < -0.4 is 21.3 Å². The average molecular weight is 720 g/mol. The smallest absolute Gasteiger partial charge is 0.318 e. The lowest BCUT2D eigenvalue weighted by Crippen LogP contribution is -2.64. The topological polar surface area (TPSA) is 171 Å². The second kappa shape index (κ2) is 14.3. The van der Waals surface area contributed by atoms with Crippen LogP contribution in [0.2, 0.25) is 0 Å². The van der Waals surface area contributed by atoms with Gasteiger partial charge in [-0.3, -0.25) is 34.1 Å². The first-order valence-corrected chi connectivity index (χ1v) is 19.5. The van der Waals surface area contributed by atoms with Crippen LogP contribution in [0.3, 0.4) is 0 Å². The van der Waals surface area contributed by atoms with E-state index in [4.69, 9.17) is 0 Å². The second-order valence-electron chi connectivity index (χ2n) is 17.4. The molecule has 4 saturated carbocycles. The third-order valence-corrected chi connectivity index (χ3v) is 12.7. The number of nitrogens with one attached hydrogen (secondary N) is 4. The van der Waals surface area contributed by atoms with Crippen molar-refractivity contribution in [3.8, 4) is 0 Å². The molecule has 6 aliphatic rings. The molecular formula is C40H57N5O7. The molecule has 12 nitrogen and oxygen atoms in total. The Morgan fingerprint density at radius 2 is 1.54 bits per heavy atom. The van der Waals surface area contributed by atoms with E-state index in [0.717, 1.165) is 68.9 Å². The first-order valence-electron chi connectivity index (χ1n) is 19.5. The van der Waals surface area contributed by atoms with Crippen molar-refractivity contribution in [1.82, 2.24) is 26.2 Å². The summed E-state index contributed by atoms with van der Waals surface area (Å²) in [6.45, 7) is 12.7. The third-order valence-electron chi connectivity index (χ3n) is 12.7. The Bertz CT molecular complexity index is 1610. The maximum absolute atomic E-state index is 14.8. The van der Waals surface area contributed by atoms with Crippen molar-refractivity contribution in [3.05, 3.63) is 22.3 Å². The van der Waals surface area contributed by atoms with Gasteiger partial charge in [0.15, 0.2) is 17.1 Å². The number of amides is 4. The van der Waals surface area contributed by atoms with E-state index in [-0.39, 0.29) is 35.5 Å². The van der Waals surface area contributed by atoms with Crippen LogP contribution >= 0.6 is 0 Å². The van der Waals surface area contributed by atoms with E-state index in [1.165, 1.54) is 6.92 Å². The highest BCUT2D eigenvalue weighted by molar-refractivity contribution is 6.67. The zero-order valence-electron chi connectivity index (χ0n) is 31.9. The lowest BCUT2D eigenvalue weighted by Gasteiger charge is -2.41. The van der Waals surface area contributed by atoms with Crippen LogP contribution in [0.4, 0.5) is 4.79 Å². The molecular weight excluding hydrogens is 662 g/mol. The van der Waals surface area contributed by atoms with Crippen LogP contribution in [-0.2, 0) is 28.8 Å². The highest BCUT2D eigenvalue weighted by Crippen LogP contribution is 2.45. The van der Waals surface area contributed by atoms with Crippen molar-refractivity contribution >= 4 is 41.0 Å². The minimum Gasteiger partial charge on any atom is -0.344 e. The number of carbonyl (C=O) groups excluding carboxylic acids is 7. The van der Waals surface area contributed by atoms with E-state index in [1.54, 1.807) is 4.90 Å². The molecule has 284 valence electrons. The predicted octanol–water partition coefficient (Wildman–Crippen LogP) is 3.76. The molecule has 0 aromatic carbocycles. The Balaban J connectivity index is 1.23. The lowest BCUT2D eigenvalue weighted by molar-refractivity contribution is -0.136. The number of allylic oxidation sites excluding steroid dienone is 3. The quantitative estimate of drug-likeness (QED) is 0.165. The van der Waals surface area contributed by atoms with E-state index in [2.05, 4.69) is 21.3 Å². The number of ketones is 4. The Hall–Kier alpha value is -3.67. The standard InChI is InChI=1S/C40H57N5O7/c1-8-28(40(34(48)35(40)49)44-25-15-16-25)41-38(52)45-26-17-14-24(19-26)31(45)32(47)33(39(5,6)7)43-37(51)30(23-12-10-9-11-13-23)42-36(50)27-18-20(2)21(3)29(27)22(4)46/h23-26,28,30-31,33,44H,8-19H2,1-7H3,(H,41,52)(H,42,50)(H,43,51). The Morgan fingerprint density at radius 1 is 0.885 bits per heavy atom. The molecule has 0 aromatic heterocycles. The fourth-order valence-electron chi connectivity index (χ4n) is 9.54. The molecule has 1 saturated heterocycles. The molecule has 6 unspecified atom stereocenters. The van der Waals surface area contributed by atoms with Gasteiger partial charge >= 0.3 is 6.03 Å². The van der Waals surface area contributed by atoms with Gasteiger partial charge in [-0.1, -0.05) is 52.5 Å². The third kappa shape index (κ3) is 6.92. The van der Waals surface area contributed by atoms with E-state index in [0.29, 0.717) is 30.4 Å². The minimum absolute atomic E-state index is 0.0767. The fraction of sp³-hybridized carbons (Fsp3) is 0.725. The first kappa shape index (κ1) is 38.1. The zero-order chi connectivity index (χ0) is 37.9. The molecule has 2 bridgehead atoms. The zero-order valence-corrected chi connectivity index (χ0v) is 31.9. The van der Waals surface area contributed by atoms with Crippen molar-refractivity contribution in [2.45, 2.75) is 167 Å². The van der Waals surface area contributed by atoms with Crippen LogP contribution in [0.1, 0.15) is 126 Å². The normalized spacial score (nSPS) is 27.4. The summed E-state index contributed by atoms with van der Waals surface area (Å²) < 4.78 is 0. The monoisotopic (exact) mass is 719 g/mol. The van der Waals surface area contributed by atoms with Gasteiger partial charge in [0.2, 0.25) is 23.4 Å². The van der Waals surface area contributed by atoms with Crippen LogP contribution in [0.15, 0.2) is 22.3 Å². The number of urea groups is 1. The van der Waals surface area contributed by atoms with Gasteiger partial charge in [0.1, 0.15) is 6.04 Å². The molecule has 6 atom stereocenters. The number of Topliss-reactive ketones (excluding diaryl/α,β-unsaturated/α-hetero) is 4. The van der Waals surface area contributed by atoms with Crippen molar-refractivity contribution in [1.29, 1.82) is 0 Å². The number of carbonyl (C=O) groups is 7. The number of hydrogen-bond donors (Lipinski definition) is 4. The number of hydrogen-bond acceptors (Lipinski definition) is 8. The summed E-state index contributed by atoms with van der Waals surface area (Å²) in [5.41, 5.74) is 0.383. The van der Waals surface area contributed by atoms with E-state index in [1.807, 2.05) is 41.5 Å². The van der Waals surface area contributed by atoms with Crippen LogP contribution in [-0.4, -0.2) is 87.7 Å². The summed E-state index contributed by atoms with van der Waals surface area (Å²) in [5, 5.41) is 12.3. The molecule has 52 heavy (non-hydrogen) atoms. The number of rotatable bonds is 13. The Morgan fingerprint density at radius 3 is 2.10 bits per heavy atom. The van der Waals surface area contributed by atoms with Gasteiger partial charge < -0.3 is 20.9 Å². The van der Waals surface area contributed by atoms with Gasteiger partial charge in [-0.25, -0.2) is 4.79 Å². The molecule has 6 rings (SSSR count). The van der Waals surface area contributed by atoms with Gasteiger partial charge in [0.05, 0.1) is 18.1 Å². The number of piperidine rings is 1. The molecule has 0 aromatic rings. The Kier molecular flexibility index (Phi) is 10.5. The van der Waals surface area contributed by atoms with Crippen molar-refractivity contribution in [3.63, 3.8) is 0 Å². The van der Waals surface area contributed by atoms with Gasteiger partial charge in [0.25, 0.3) is 0 Å². The number of fused-ring (bicyclic) bond motifs is 2. The summed E-state index contributed by atoms with van der Waals surface area (Å²) in [4.78, 5) is 96.7. The average Bonchev–Trinajstić information content (AvgIpc) is 3.79. The number of nitrogens with zero attached hydrogens (tertiary/aromatic N) is 1. The Labute approximate surface area is 307 Å². The van der Waals surface area contributed by atoms with Gasteiger partial charge in [-0.15, -0.1) is 0 Å². The SMILES string of the molecule is CCC(NC(=O)N1C2CCC(C2)C1C(=O)C(NC(=O)C(NC(=O)C1=C(C(C)=O)C(C)=C(C)C1)C1CCCCC1)C(C)(C)C)C1(NC2CC2)C(=O)C1=O. The van der Waals surface area contributed by atoms with E-state index < -0.39 is 64.5 Å². The molecule has 0 spiro atoms. The highest BCUT2D eigenvalue weighted by atomic mass is 16.2. The maximum Gasteiger partial charge on any atom is 0.318 e. The predicted molar refractivity (Wildman–Crippen MR) is 194 cm³/mol. The van der Waals surface area contributed by atoms with Crippen LogP contribution in [0.5, 0.6) is 0 Å². The fourth-order valence-corrected chi connectivity index (χ4v) is 9.54. The summed E-state index contributed by atoms with van der Waals surface area (Å²) >= 11 is 0. The molecule has 5 aliphatic carbocycles. The molecule has 4 N–H and O–H groups in total.